The molecule has 2 atom stereocenters. The van der Waals surface area contributed by atoms with Crippen LogP contribution in [0, 0.1) is 0 Å². The molecule has 0 saturated heterocycles. The van der Waals surface area contributed by atoms with E-state index in [4.69, 9.17) is 28.2 Å². The van der Waals surface area contributed by atoms with E-state index in [9.17, 15) is 14.4 Å². The predicted molar refractivity (Wildman–Crippen MR) is 171 cm³/mol. The van der Waals surface area contributed by atoms with Crippen molar-refractivity contribution in [1.82, 2.24) is 29.7 Å². The number of anilines is 1. The summed E-state index contributed by atoms with van der Waals surface area (Å²) >= 11 is 12.3. The lowest BCUT2D eigenvalue weighted by molar-refractivity contribution is 0.0653. The Morgan fingerprint density at radius 3 is 2.50 bits per heavy atom. The van der Waals surface area contributed by atoms with Crippen LogP contribution in [-0.4, -0.2) is 49.3 Å². The van der Waals surface area contributed by atoms with Gasteiger partial charge in [0.25, 0.3) is 17.4 Å². The number of hydrogen-bond acceptors (Lipinski definition) is 6. The molecular weight excluding hydrogens is 601 g/mol. The SMILES string of the molecule is CNC(=O)c1ccc(-n2c(N[C@H](C)c3ccc4nc[nH]c4c3)nc3c(c2=O)C[C@@H](C)N(C(=O)c2ccc(Cl)c(Cl)c2)C3)cc1. The fourth-order valence-corrected chi connectivity index (χ4v) is 5.77. The van der Waals surface area contributed by atoms with E-state index in [0.717, 1.165) is 16.6 Å². The predicted octanol–water partition coefficient (Wildman–Crippen LogP) is 5.54. The summed E-state index contributed by atoms with van der Waals surface area (Å²) in [4.78, 5) is 54.0. The van der Waals surface area contributed by atoms with E-state index in [0.29, 0.717) is 50.5 Å². The number of imidazole rings is 1. The van der Waals surface area contributed by atoms with Gasteiger partial charge in [0.05, 0.1) is 51.4 Å². The maximum atomic E-state index is 14.2. The lowest BCUT2D eigenvalue weighted by atomic mass is 9.98. The first-order valence-electron chi connectivity index (χ1n) is 14.1. The minimum atomic E-state index is -0.276. The number of hydrogen-bond donors (Lipinski definition) is 3. The largest absolute Gasteiger partial charge is 0.355 e. The molecule has 0 bridgehead atoms. The summed E-state index contributed by atoms with van der Waals surface area (Å²) in [5.41, 5.74) is 4.93. The number of amides is 2. The van der Waals surface area contributed by atoms with Gasteiger partial charge in [-0.15, -0.1) is 0 Å². The Morgan fingerprint density at radius 2 is 1.77 bits per heavy atom. The summed E-state index contributed by atoms with van der Waals surface area (Å²) in [6.07, 6.45) is 1.96. The van der Waals surface area contributed by atoms with Crippen molar-refractivity contribution in [3.63, 3.8) is 0 Å². The van der Waals surface area contributed by atoms with Gasteiger partial charge in [-0.1, -0.05) is 29.3 Å². The summed E-state index contributed by atoms with van der Waals surface area (Å²) in [6.45, 7) is 4.02. The topological polar surface area (TPSA) is 125 Å². The highest BCUT2D eigenvalue weighted by atomic mass is 35.5. The number of rotatable bonds is 6. The van der Waals surface area contributed by atoms with Crippen molar-refractivity contribution in [3.8, 4) is 5.69 Å². The van der Waals surface area contributed by atoms with E-state index in [-0.39, 0.29) is 36.0 Å². The average molecular weight is 631 g/mol. The van der Waals surface area contributed by atoms with Gasteiger partial charge in [-0.3, -0.25) is 14.4 Å². The molecule has 3 aromatic carbocycles. The molecule has 224 valence electrons. The highest BCUT2D eigenvalue weighted by Crippen LogP contribution is 2.29. The molecule has 12 heteroatoms. The maximum Gasteiger partial charge on any atom is 0.263 e. The summed E-state index contributed by atoms with van der Waals surface area (Å²) in [7, 11) is 1.56. The van der Waals surface area contributed by atoms with Crippen molar-refractivity contribution in [2.75, 3.05) is 12.4 Å². The van der Waals surface area contributed by atoms with Crippen LogP contribution in [0.25, 0.3) is 16.7 Å². The number of benzene rings is 3. The molecule has 44 heavy (non-hydrogen) atoms. The number of halogens is 2. The smallest absolute Gasteiger partial charge is 0.263 e. The first-order chi connectivity index (χ1) is 21.1. The van der Waals surface area contributed by atoms with Gasteiger partial charge in [0.1, 0.15) is 0 Å². The van der Waals surface area contributed by atoms with Crippen LogP contribution in [0.3, 0.4) is 0 Å². The molecule has 1 aliphatic heterocycles. The highest BCUT2D eigenvalue weighted by molar-refractivity contribution is 6.42. The molecule has 2 aromatic heterocycles. The molecule has 2 amide bonds. The third kappa shape index (κ3) is 5.42. The first-order valence-corrected chi connectivity index (χ1v) is 14.8. The van der Waals surface area contributed by atoms with E-state index >= 15 is 0 Å². The molecule has 0 saturated carbocycles. The van der Waals surface area contributed by atoms with Crippen LogP contribution in [0.15, 0.2) is 71.8 Å². The number of fused-ring (bicyclic) bond motifs is 2. The average Bonchev–Trinajstić information content (AvgIpc) is 3.50. The minimum Gasteiger partial charge on any atom is -0.355 e. The Balaban J connectivity index is 1.41. The van der Waals surface area contributed by atoms with Crippen molar-refractivity contribution >= 4 is 52.0 Å². The van der Waals surface area contributed by atoms with Gasteiger partial charge >= 0.3 is 0 Å². The molecule has 1 aliphatic rings. The van der Waals surface area contributed by atoms with E-state index in [1.807, 2.05) is 32.0 Å². The molecule has 3 heterocycles. The Labute approximate surface area is 263 Å². The number of nitrogens with zero attached hydrogens (tertiary/aromatic N) is 4. The molecular formula is C32H29Cl2N7O3. The molecule has 10 nitrogen and oxygen atoms in total. The maximum absolute atomic E-state index is 14.2. The van der Waals surface area contributed by atoms with Crippen LogP contribution < -0.4 is 16.2 Å². The number of carbonyl (C=O) groups excluding carboxylic acids is 2. The van der Waals surface area contributed by atoms with Gasteiger partial charge in [-0.25, -0.2) is 14.5 Å². The standard InChI is InChI=1S/C32H29Cl2N7O3/c1-17-12-23-28(15-40(17)30(43)21-6-10-24(33)25(34)13-21)39-32(38-18(2)20-7-11-26-27(14-20)37-16-36-26)41(31(23)44)22-8-4-19(5-9-22)29(42)35-3/h4-11,13-14,16-18H,12,15H2,1-3H3,(H,35,42)(H,36,37)(H,38,39)/t17-,18-/m1/s1. The number of H-pyrrole nitrogens is 1. The summed E-state index contributed by atoms with van der Waals surface area (Å²) in [6, 6.07) is 16.9. The Hall–Kier alpha value is -4.67. The highest BCUT2D eigenvalue weighted by Gasteiger charge is 2.32. The fourth-order valence-electron chi connectivity index (χ4n) is 5.47. The van der Waals surface area contributed by atoms with Crippen LogP contribution in [0.5, 0.6) is 0 Å². The third-order valence-electron chi connectivity index (χ3n) is 7.95. The molecule has 0 spiro atoms. The van der Waals surface area contributed by atoms with Crippen molar-refractivity contribution in [1.29, 1.82) is 0 Å². The van der Waals surface area contributed by atoms with Crippen molar-refractivity contribution in [3.05, 3.63) is 115 Å². The van der Waals surface area contributed by atoms with E-state index in [1.165, 1.54) is 4.57 Å². The van der Waals surface area contributed by atoms with E-state index in [2.05, 4.69) is 20.6 Å². The monoisotopic (exact) mass is 629 g/mol. The molecule has 6 rings (SSSR count). The van der Waals surface area contributed by atoms with Crippen molar-refractivity contribution < 1.29 is 9.59 Å². The van der Waals surface area contributed by atoms with Crippen LogP contribution in [-0.2, 0) is 13.0 Å². The van der Waals surface area contributed by atoms with Gasteiger partial charge in [0, 0.05) is 29.8 Å². The zero-order chi connectivity index (χ0) is 31.1. The second kappa shape index (κ2) is 11.8. The Morgan fingerprint density at radius 1 is 1.02 bits per heavy atom. The van der Waals surface area contributed by atoms with Gasteiger partial charge in [-0.05, 0) is 80.4 Å². The summed E-state index contributed by atoms with van der Waals surface area (Å²) < 4.78 is 1.53. The van der Waals surface area contributed by atoms with Crippen LogP contribution >= 0.6 is 23.2 Å². The molecule has 0 aliphatic carbocycles. The second-order valence-electron chi connectivity index (χ2n) is 10.8. The van der Waals surface area contributed by atoms with Crippen LogP contribution in [0.4, 0.5) is 5.95 Å². The van der Waals surface area contributed by atoms with Crippen LogP contribution in [0.2, 0.25) is 10.0 Å². The van der Waals surface area contributed by atoms with Gasteiger partial charge in [0.2, 0.25) is 5.95 Å². The van der Waals surface area contributed by atoms with Crippen molar-refractivity contribution in [2.24, 2.45) is 0 Å². The van der Waals surface area contributed by atoms with E-state index in [1.54, 1.807) is 60.7 Å². The third-order valence-corrected chi connectivity index (χ3v) is 8.69. The lowest BCUT2D eigenvalue weighted by Crippen LogP contribution is -2.46. The Bertz CT molecular complexity index is 1970. The van der Waals surface area contributed by atoms with Gasteiger partial charge < -0.3 is 20.5 Å². The number of aromatic nitrogens is 4. The zero-order valence-electron chi connectivity index (χ0n) is 24.2. The van der Waals surface area contributed by atoms with Crippen LogP contribution in [0.1, 0.15) is 57.4 Å². The van der Waals surface area contributed by atoms with Gasteiger partial charge in [-0.2, -0.15) is 0 Å². The second-order valence-corrected chi connectivity index (χ2v) is 11.6. The fraction of sp³-hybridized carbons (Fsp3) is 0.219. The van der Waals surface area contributed by atoms with Gasteiger partial charge in [0.15, 0.2) is 0 Å². The normalized spacial score (nSPS) is 15.1. The summed E-state index contributed by atoms with van der Waals surface area (Å²) in [5, 5.41) is 6.69. The number of nitrogens with one attached hydrogen (secondary N) is 3. The quantitative estimate of drug-likeness (QED) is 0.227. The lowest BCUT2D eigenvalue weighted by Gasteiger charge is -2.35. The molecule has 0 fully saturated rings. The first kappa shape index (κ1) is 29.4. The molecule has 0 unspecified atom stereocenters. The molecule has 5 aromatic rings. The van der Waals surface area contributed by atoms with E-state index < -0.39 is 0 Å². The zero-order valence-corrected chi connectivity index (χ0v) is 25.7. The number of carbonyl (C=O) groups is 2. The molecule has 0 radical (unpaired) electrons. The summed E-state index contributed by atoms with van der Waals surface area (Å²) in [5.74, 6) is -0.141. The number of aromatic amines is 1. The van der Waals surface area contributed by atoms with Crippen molar-refractivity contribution in [2.45, 2.75) is 38.9 Å². The molecule has 3 N–H and O–H groups in total. The Kier molecular flexibility index (Phi) is 7.87. The minimum absolute atomic E-state index is 0.143.